The van der Waals surface area contributed by atoms with Gasteiger partial charge in [-0.3, -0.25) is 9.59 Å². The second kappa shape index (κ2) is 7.77. The predicted octanol–water partition coefficient (Wildman–Crippen LogP) is 3.62. The van der Waals surface area contributed by atoms with Crippen LogP contribution >= 0.6 is 11.6 Å². The molecule has 0 radical (unpaired) electrons. The number of likely N-dealkylation sites (tertiary alicyclic amines) is 1. The largest absolute Gasteiger partial charge is 0.338 e. The molecule has 0 aliphatic carbocycles. The Labute approximate surface area is 141 Å². The molecule has 0 spiro atoms. The molecule has 0 N–H and O–H groups in total. The first kappa shape index (κ1) is 17.7. The monoisotopic (exact) mass is 340 g/mol. The molecule has 1 unspecified atom stereocenters. The van der Waals surface area contributed by atoms with Crippen LogP contribution in [0.3, 0.4) is 0 Å². The van der Waals surface area contributed by atoms with E-state index in [9.17, 15) is 14.0 Å². The van der Waals surface area contributed by atoms with E-state index in [0.29, 0.717) is 5.69 Å². The zero-order valence-corrected chi connectivity index (χ0v) is 14.3. The average molecular weight is 341 g/mol. The lowest BCUT2D eigenvalue weighted by Gasteiger charge is -2.36. The van der Waals surface area contributed by atoms with Crippen molar-refractivity contribution in [1.82, 2.24) is 4.90 Å². The van der Waals surface area contributed by atoms with Crippen molar-refractivity contribution in [3.8, 4) is 0 Å². The maximum atomic E-state index is 13.3. The van der Waals surface area contributed by atoms with Crippen molar-refractivity contribution in [2.75, 3.05) is 18.0 Å². The summed E-state index contributed by atoms with van der Waals surface area (Å²) in [6.45, 7) is 4.14. The Balaban J connectivity index is 2.17. The van der Waals surface area contributed by atoms with Crippen LogP contribution in [-0.4, -0.2) is 35.8 Å². The molecule has 6 heteroatoms. The van der Waals surface area contributed by atoms with Crippen molar-refractivity contribution < 1.29 is 14.0 Å². The summed E-state index contributed by atoms with van der Waals surface area (Å²) in [4.78, 5) is 27.8. The lowest BCUT2D eigenvalue weighted by Crippen LogP contribution is -2.48. The molecular formula is C17H22ClFN2O2. The van der Waals surface area contributed by atoms with E-state index < -0.39 is 5.82 Å². The van der Waals surface area contributed by atoms with E-state index in [0.717, 1.165) is 32.2 Å². The summed E-state index contributed by atoms with van der Waals surface area (Å²) in [7, 11) is 0. The Kier molecular flexibility index (Phi) is 5.99. The topological polar surface area (TPSA) is 40.6 Å². The third kappa shape index (κ3) is 4.22. The van der Waals surface area contributed by atoms with Gasteiger partial charge in [0.25, 0.3) is 0 Å². The smallest absolute Gasteiger partial charge is 0.242 e. The number of amides is 2. The minimum Gasteiger partial charge on any atom is -0.338 e. The Morgan fingerprint density at radius 2 is 2.13 bits per heavy atom. The number of hydrogen-bond acceptors (Lipinski definition) is 2. The molecular weight excluding hydrogens is 319 g/mol. The molecule has 0 saturated carbocycles. The zero-order valence-electron chi connectivity index (χ0n) is 13.5. The van der Waals surface area contributed by atoms with Gasteiger partial charge in [0, 0.05) is 25.2 Å². The summed E-state index contributed by atoms with van der Waals surface area (Å²) < 4.78 is 13.3. The second-order valence-electron chi connectivity index (χ2n) is 5.85. The fourth-order valence-corrected chi connectivity index (χ4v) is 3.19. The van der Waals surface area contributed by atoms with Gasteiger partial charge >= 0.3 is 0 Å². The van der Waals surface area contributed by atoms with Crippen LogP contribution in [0.4, 0.5) is 10.1 Å². The second-order valence-corrected chi connectivity index (χ2v) is 6.26. The number of benzene rings is 1. The van der Waals surface area contributed by atoms with Crippen molar-refractivity contribution in [2.45, 2.75) is 45.6 Å². The van der Waals surface area contributed by atoms with Crippen molar-refractivity contribution in [2.24, 2.45) is 0 Å². The maximum Gasteiger partial charge on any atom is 0.242 e. The standard InChI is InChI=1S/C17H22ClFN2O2/c1-3-13-6-4-5-9-20(13)17(23)11-21(12(2)22)14-7-8-16(19)15(18)10-14/h7-8,10,13H,3-6,9,11H2,1-2H3. The zero-order chi connectivity index (χ0) is 17.0. The number of carbonyl (C=O) groups is 2. The van der Waals surface area contributed by atoms with Gasteiger partial charge < -0.3 is 9.80 Å². The van der Waals surface area contributed by atoms with Gasteiger partial charge in [-0.15, -0.1) is 0 Å². The molecule has 23 heavy (non-hydrogen) atoms. The number of anilines is 1. The summed E-state index contributed by atoms with van der Waals surface area (Å²) >= 11 is 5.79. The molecule has 2 rings (SSSR count). The quantitative estimate of drug-likeness (QED) is 0.839. The predicted molar refractivity (Wildman–Crippen MR) is 89.1 cm³/mol. The minimum absolute atomic E-state index is 0.0478. The van der Waals surface area contributed by atoms with Crippen molar-refractivity contribution in [3.63, 3.8) is 0 Å². The number of halogens is 2. The first-order valence-corrected chi connectivity index (χ1v) is 8.34. The summed E-state index contributed by atoms with van der Waals surface area (Å²) in [6, 6.07) is 4.28. The van der Waals surface area contributed by atoms with E-state index in [1.165, 1.54) is 30.0 Å². The molecule has 1 atom stereocenters. The summed E-state index contributed by atoms with van der Waals surface area (Å²) in [5.41, 5.74) is 0.433. The fraction of sp³-hybridized carbons (Fsp3) is 0.529. The van der Waals surface area contributed by atoms with Gasteiger partial charge in [0.1, 0.15) is 12.4 Å². The van der Waals surface area contributed by atoms with E-state index >= 15 is 0 Å². The lowest BCUT2D eigenvalue weighted by molar-refractivity contribution is -0.134. The van der Waals surface area contributed by atoms with Gasteiger partial charge in [-0.2, -0.15) is 0 Å². The van der Waals surface area contributed by atoms with Crippen LogP contribution < -0.4 is 4.90 Å². The van der Waals surface area contributed by atoms with E-state index in [1.807, 2.05) is 4.90 Å². The Morgan fingerprint density at radius 1 is 1.39 bits per heavy atom. The average Bonchev–Trinajstić information content (AvgIpc) is 2.54. The Bertz CT molecular complexity index is 594. The summed E-state index contributed by atoms with van der Waals surface area (Å²) in [5, 5.41) is -0.0643. The van der Waals surface area contributed by atoms with E-state index in [4.69, 9.17) is 11.6 Å². The first-order chi connectivity index (χ1) is 10.9. The third-order valence-corrected chi connectivity index (χ3v) is 4.60. The van der Waals surface area contributed by atoms with Crippen LogP contribution in [0.25, 0.3) is 0 Å². The molecule has 1 saturated heterocycles. The first-order valence-electron chi connectivity index (χ1n) is 7.96. The van der Waals surface area contributed by atoms with E-state index in [2.05, 4.69) is 6.92 Å². The van der Waals surface area contributed by atoms with Gasteiger partial charge in [0.15, 0.2) is 0 Å². The SMILES string of the molecule is CCC1CCCCN1C(=O)CN(C(C)=O)c1ccc(F)c(Cl)c1. The summed E-state index contributed by atoms with van der Waals surface area (Å²) in [6.07, 6.45) is 4.04. The van der Waals surface area contributed by atoms with Crippen LogP contribution in [0, 0.1) is 5.82 Å². The van der Waals surface area contributed by atoms with Gasteiger partial charge in [0.05, 0.1) is 5.02 Å². The van der Waals surface area contributed by atoms with Crippen molar-refractivity contribution >= 4 is 29.1 Å². The molecule has 1 aromatic rings. The third-order valence-electron chi connectivity index (χ3n) is 4.31. The number of hydrogen-bond donors (Lipinski definition) is 0. The number of rotatable bonds is 4. The highest BCUT2D eigenvalue weighted by Crippen LogP contribution is 2.24. The van der Waals surface area contributed by atoms with Crippen molar-refractivity contribution in [1.29, 1.82) is 0 Å². The van der Waals surface area contributed by atoms with E-state index in [-0.39, 0.29) is 29.4 Å². The number of piperidine rings is 1. The minimum atomic E-state index is -0.549. The molecule has 1 aliphatic heterocycles. The molecule has 1 heterocycles. The maximum absolute atomic E-state index is 13.3. The highest BCUT2D eigenvalue weighted by molar-refractivity contribution is 6.31. The van der Waals surface area contributed by atoms with Gasteiger partial charge in [-0.05, 0) is 43.9 Å². The Morgan fingerprint density at radius 3 is 2.74 bits per heavy atom. The molecule has 4 nitrogen and oxygen atoms in total. The summed E-state index contributed by atoms with van der Waals surface area (Å²) in [5.74, 6) is -0.898. The van der Waals surface area contributed by atoms with Gasteiger partial charge in [-0.1, -0.05) is 18.5 Å². The molecule has 1 aliphatic rings. The van der Waals surface area contributed by atoms with Gasteiger partial charge in [-0.25, -0.2) is 4.39 Å². The molecule has 126 valence electrons. The highest BCUT2D eigenvalue weighted by Gasteiger charge is 2.27. The lowest BCUT2D eigenvalue weighted by atomic mass is 10.00. The van der Waals surface area contributed by atoms with Crippen LogP contribution in [0.5, 0.6) is 0 Å². The molecule has 1 fully saturated rings. The number of nitrogens with zero attached hydrogens (tertiary/aromatic N) is 2. The fourth-order valence-electron chi connectivity index (χ4n) is 3.02. The van der Waals surface area contributed by atoms with Crippen LogP contribution in [-0.2, 0) is 9.59 Å². The normalized spacial score (nSPS) is 17.9. The number of carbonyl (C=O) groups excluding carboxylic acids is 2. The van der Waals surface area contributed by atoms with Crippen LogP contribution in [0.15, 0.2) is 18.2 Å². The molecule has 0 bridgehead atoms. The van der Waals surface area contributed by atoms with Crippen LogP contribution in [0.2, 0.25) is 5.02 Å². The molecule has 0 aromatic heterocycles. The highest BCUT2D eigenvalue weighted by atomic mass is 35.5. The van der Waals surface area contributed by atoms with Crippen LogP contribution in [0.1, 0.15) is 39.5 Å². The molecule has 1 aromatic carbocycles. The van der Waals surface area contributed by atoms with Gasteiger partial charge in [0.2, 0.25) is 11.8 Å². The Hall–Kier alpha value is -1.62. The van der Waals surface area contributed by atoms with Crippen molar-refractivity contribution in [3.05, 3.63) is 29.0 Å². The van der Waals surface area contributed by atoms with E-state index in [1.54, 1.807) is 0 Å². The molecule has 2 amide bonds.